The summed E-state index contributed by atoms with van der Waals surface area (Å²) in [5, 5.41) is 0.791. The van der Waals surface area contributed by atoms with Gasteiger partial charge in [-0.1, -0.05) is 76.1 Å². The second kappa shape index (κ2) is 7.95. The minimum Gasteiger partial charge on any atom is -0.457 e. The van der Waals surface area contributed by atoms with E-state index in [4.69, 9.17) is 9.72 Å². The summed E-state index contributed by atoms with van der Waals surface area (Å²) in [5.41, 5.74) is 5.15. The number of para-hydroxylation sites is 1. The van der Waals surface area contributed by atoms with Crippen molar-refractivity contribution in [2.45, 2.75) is 13.5 Å². The summed E-state index contributed by atoms with van der Waals surface area (Å²) in [5.74, 6) is -0.352. The molecular formula is C24H18BrNO2. The molecule has 0 saturated heterocycles. The minimum absolute atomic E-state index is 0.225. The SMILES string of the molecule is Cc1ccc(-c2cc(C(=O)OCc3ccc(Br)cc3)c3ccccc3n2)cc1. The van der Waals surface area contributed by atoms with Crippen molar-refractivity contribution in [1.82, 2.24) is 4.98 Å². The van der Waals surface area contributed by atoms with Crippen molar-refractivity contribution in [3.05, 3.63) is 100 Å². The molecule has 3 aromatic carbocycles. The van der Waals surface area contributed by atoms with Crippen molar-refractivity contribution in [2.75, 3.05) is 0 Å². The molecule has 0 amide bonds. The molecule has 0 spiro atoms. The Morgan fingerprint density at radius 2 is 1.68 bits per heavy atom. The number of ether oxygens (including phenoxy) is 1. The second-order valence-corrected chi connectivity index (χ2v) is 7.56. The lowest BCUT2D eigenvalue weighted by Gasteiger charge is -2.10. The fourth-order valence-electron chi connectivity index (χ4n) is 3.02. The van der Waals surface area contributed by atoms with Gasteiger partial charge in [0.25, 0.3) is 0 Å². The molecule has 4 heteroatoms. The van der Waals surface area contributed by atoms with E-state index >= 15 is 0 Å². The van der Waals surface area contributed by atoms with Crippen molar-refractivity contribution in [3.63, 3.8) is 0 Å². The van der Waals surface area contributed by atoms with E-state index in [1.807, 2.05) is 85.8 Å². The number of fused-ring (bicyclic) bond motifs is 1. The lowest BCUT2D eigenvalue weighted by atomic mass is 10.0. The van der Waals surface area contributed by atoms with Crippen LogP contribution in [0.3, 0.4) is 0 Å². The predicted octanol–water partition coefficient (Wildman–Crippen LogP) is 6.33. The smallest absolute Gasteiger partial charge is 0.339 e. The summed E-state index contributed by atoms with van der Waals surface area (Å²) in [6.07, 6.45) is 0. The average molecular weight is 432 g/mol. The van der Waals surface area contributed by atoms with Crippen LogP contribution in [-0.4, -0.2) is 11.0 Å². The van der Waals surface area contributed by atoms with E-state index in [1.165, 1.54) is 5.56 Å². The lowest BCUT2D eigenvalue weighted by molar-refractivity contribution is 0.0475. The zero-order valence-corrected chi connectivity index (χ0v) is 16.9. The number of hydrogen-bond donors (Lipinski definition) is 0. The van der Waals surface area contributed by atoms with Gasteiger partial charge in [0.15, 0.2) is 0 Å². The third-order valence-corrected chi connectivity index (χ3v) is 5.10. The van der Waals surface area contributed by atoms with E-state index in [2.05, 4.69) is 15.9 Å². The van der Waals surface area contributed by atoms with Crippen LogP contribution < -0.4 is 0 Å². The van der Waals surface area contributed by atoms with Crippen molar-refractivity contribution in [1.29, 1.82) is 0 Å². The predicted molar refractivity (Wildman–Crippen MR) is 115 cm³/mol. The number of halogens is 1. The highest BCUT2D eigenvalue weighted by Crippen LogP contribution is 2.26. The van der Waals surface area contributed by atoms with E-state index in [0.717, 1.165) is 32.2 Å². The molecule has 1 heterocycles. The first-order valence-electron chi connectivity index (χ1n) is 8.98. The Balaban J connectivity index is 1.69. The maximum atomic E-state index is 12.9. The lowest BCUT2D eigenvalue weighted by Crippen LogP contribution is -2.07. The van der Waals surface area contributed by atoms with Crippen LogP contribution in [0, 0.1) is 6.92 Å². The fourth-order valence-corrected chi connectivity index (χ4v) is 3.29. The van der Waals surface area contributed by atoms with Crippen molar-refractivity contribution < 1.29 is 9.53 Å². The molecule has 0 unspecified atom stereocenters. The van der Waals surface area contributed by atoms with Crippen LogP contribution in [0.25, 0.3) is 22.2 Å². The third-order valence-electron chi connectivity index (χ3n) is 4.57. The number of pyridine rings is 1. The van der Waals surface area contributed by atoms with Crippen molar-refractivity contribution in [2.24, 2.45) is 0 Å². The number of carbonyl (C=O) groups excluding carboxylic acids is 1. The normalized spacial score (nSPS) is 10.8. The molecule has 4 aromatic rings. The molecule has 0 aliphatic carbocycles. The highest BCUT2D eigenvalue weighted by Gasteiger charge is 2.15. The maximum absolute atomic E-state index is 12.9. The third kappa shape index (κ3) is 3.97. The molecular weight excluding hydrogens is 414 g/mol. The highest BCUT2D eigenvalue weighted by molar-refractivity contribution is 9.10. The van der Waals surface area contributed by atoms with Crippen LogP contribution in [0.4, 0.5) is 0 Å². The van der Waals surface area contributed by atoms with E-state index in [1.54, 1.807) is 0 Å². The number of nitrogens with zero attached hydrogens (tertiary/aromatic N) is 1. The van der Waals surface area contributed by atoms with E-state index < -0.39 is 0 Å². The zero-order valence-electron chi connectivity index (χ0n) is 15.4. The van der Waals surface area contributed by atoms with Gasteiger partial charge in [-0.2, -0.15) is 0 Å². The minimum atomic E-state index is -0.352. The standard InChI is InChI=1S/C24H18BrNO2/c1-16-6-10-18(11-7-16)23-14-21(20-4-2-3-5-22(20)26-23)24(27)28-15-17-8-12-19(25)13-9-17/h2-14H,15H2,1H3. The Bertz CT molecular complexity index is 1140. The first-order chi connectivity index (χ1) is 13.6. The fraction of sp³-hybridized carbons (Fsp3) is 0.0833. The van der Waals surface area contributed by atoms with Crippen LogP contribution in [0.1, 0.15) is 21.5 Å². The van der Waals surface area contributed by atoms with E-state index in [9.17, 15) is 4.79 Å². The second-order valence-electron chi connectivity index (χ2n) is 6.64. The molecule has 0 saturated carbocycles. The molecule has 0 aliphatic heterocycles. The topological polar surface area (TPSA) is 39.2 Å². The molecule has 0 bridgehead atoms. The van der Waals surface area contributed by atoms with Gasteiger partial charge in [0.2, 0.25) is 0 Å². The van der Waals surface area contributed by atoms with Gasteiger partial charge in [0.1, 0.15) is 6.61 Å². The monoisotopic (exact) mass is 431 g/mol. The average Bonchev–Trinajstić information content (AvgIpc) is 2.73. The van der Waals surface area contributed by atoms with Crippen LogP contribution in [-0.2, 0) is 11.3 Å². The summed E-state index contributed by atoms with van der Waals surface area (Å²) in [6, 6.07) is 25.3. The quantitative estimate of drug-likeness (QED) is 0.354. The largest absolute Gasteiger partial charge is 0.457 e. The van der Waals surface area contributed by atoms with Gasteiger partial charge < -0.3 is 4.74 Å². The Morgan fingerprint density at radius 1 is 0.964 bits per heavy atom. The Morgan fingerprint density at radius 3 is 2.43 bits per heavy atom. The molecule has 0 N–H and O–H groups in total. The van der Waals surface area contributed by atoms with Gasteiger partial charge in [0.05, 0.1) is 16.8 Å². The van der Waals surface area contributed by atoms with Crippen LogP contribution in [0.2, 0.25) is 0 Å². The number of rotatable bonds is 4. The number of benzene rings is 3. The molecule has 28 heavy (non-hydrogen) atoms. The maximum Gasteiger partial charge on any atom is 0.339 e. The number of aryl methyl sites for hydroxylation is 1. The Kier molecular flexibility index (Phi) is 5.22. The zero-order chi connectivity index (χ0) is 19.5. The van der Waals surface area contributed by atoms with Gasteiger partial charge in [-0.25, -0.2) is 9.78 Å². The molecule has 3 nitrogen and oxygen atoms in total. The summed E-state index contributed by atoms with van der Waals surface area (Å²) in [4.78, 5) is 17.6. The van der Waals surface area contributed by atoms with Crippen LogP contribution in [0.5, 0.6) is 0 Å². The van der Waals surface area contributed by atoms with Gasteiger partial charge >= 0.3 is 5.97 Å². The van der Waals surface area contributed by atoms with Gasteiger partial charge in [-0.3, -0.25) is 0 Å². The molecule has 0 radical (unpaired) electrons. The number of hydrogen-bond acceptors (Lipinski definition) is 3. The number of aromatic nitrogens is 1. The van der Waals surface area contributed by atoms with Gasteiger partial charge in [-0.05, 0) is 36.8 Å². The number of esters is 1. The molecule has 0 atom stereocenters. The van der Waals surface area contributed by atoms with Crippen molar-refractivity contribution in [3.8, 4) is 11.3 Å². The van der Waals surface area contributed by atoms with E-state index in [0.29, 0.717) is 5.56 Å². The van der Waals surface area contributed by atoms with Crippen LogP contribution in [0.15, 0.2) is 83.3 Å². The summed E-state index contributed by atoms with van der Waals surface area (Å²) in [7, 11) is 0. The number of carbonyl (C=O) groups is 1. The molecule has 4 rings (SSSR count). The first-order valence-corrected chi connectivity index (χ1v) is 9.78. The molecule has 1 aromatic heterocycles. The van der Waals surface area contributed by atoms with Crippen LogP contribution >= 0.6 is 15.9 Å². The molecule has 0 aliphatic rings. The van der Waals surface area contributed by atoms with Crippen molar-refractivity contribution >= 4 is 32.8 Å². The first kappa shape index (κ1) is 18.4. The summed E-state index contributed by atoms with van der Waals surface area (Å²) < 4.78 is 6.58. The summed E-state index contributed by atoms with van der Waals surface area (Å²) >= 11 is 3.41. The Hall–Kier alpha value is -2.98. The summed E-state index contributed by atoms with van der Waals surface area (Å²) in [6.45, 7) is 2.27. The van der Waals surface area contributed by atoms with E-state index in [-0.39, 0.29) is 12.6 Å². The van der Waals surface area contributed by atoms with Gasteiger partial charge in [0, 0.05) is 15.4 Å². The molecule has 138 valence electrons. The van der Waals surface area contributed by atoms with Gasteiger partial charge in [-0.15, -0.1) is 0 Å². The molecule has 0 fully saturated rings. The Labute approximate surface area is 172 Å². The highest BCUT2D eigenvalue weighted by atomic mass is 79.9.